The molecule has 0 aliphatic heterocycles. The van der Waals surface area contributed by atoms with Crippen molar-refractivity contribution >= 4 is 39.1 Å². The van der Waals surface area contributed by atoms with E-state index >= 15 is 0 Å². The zero-order valence-corrected chi connectivity index (χ0v) is 14.6. The Morgan fingerprint density at radius 2 is 2.04 bits per heavy atom. The normalized spacial score (nSPS) is 10.7. The van der Waals surface area contributed by atoms with Gasteiger partial charge >= 0.3 is 0 Å². The molecule has 0 unspecified atom stereocenters. The topological polar surface area (TPSA) is 93.1 Å². The van der Waals surface area contributed by atoms with Gasteiger partial charge in [-0.3, -0.25) is 19.0 Å². The molecule has 7 nitrogen and oxygen atoms in total. The van der Waals surface area contributed by atoms with Gasteiger partial charge in [0.25, 0.3) is 5.56 Å². The van der Waals surface area contributed by atoms with Gasteiger partial charge in [-0.1, -0.05) is 12.1 Å². The molecule has 0 spiro atoms. The molecule has 26 heavy (non-hydrogen) atoms. The number of rotatable bonds is 5. The third-order valence-corrected chi connectivity index (χ3v) is 4.51. The Labute approximate surface area is 151 Å². The molecule has 0 fully saturated rings. The molecule has 2 N–H and O–H groups in total. The highest BCUT2D eigenvalue weighted by atomic mass is 32.1. The van der Waals surface area contributed by atoms with Gasteiger partial charge in [-0.05, 0) is 25.1 Å². The van der Waals surface area contributed by atoms with Crippen LogP contribution in [-0.2, 0) is 16.1 Å². The summed E-state index contributed by atoms with van der Waals surface area (Å²) in [5.74, 6) is -1.66. The number of anilines is 1. The molecule has 0 saturated heterocycles. The Morgan fingerprint density at radius 3 is 2.81 bits per heavy atom. The molecule has 0 saturated carbocycles. The zero-order valence-electron chi connectivity index (χ0n) is 13.8. The number of amides is 2. The number of thiophene rings is 1. The molecule has 2 heterocycles. The number of carbonyl (C=O) groups excluding carboxylic acids is 2. The van der Waals surface area contributed by atoms with Crippen LogP contribution in [0.25, 0.3) is 10.2 Å². The molecule has 1 aromatic carbocycles. The second-order valence-electron chi connectivity index (χ2n) is 5.56. The number of carbonyl (C=O) groups is 2. The van der Waals surface area contributed by atoms with E-state index in [1.807, 2.05) is 6.92 Å². The van der Waals surface area contributed by atoms with Crippen molar-refractivity contribution < 1.29 is 14.0 Å². The van der Waals surface area contributed by atoms with Gasteiger partial charge in [0.1, 0.15) is 17.2 Å². The van der Waals surface area contributed by atoms with E-state index in [0.29, 0.717) is 10.2 Å². The standard InChI is InChI=1S/C17H15FN4O3S/c1-10-6-11-16(26-10)20-9-22(17(11)25)8-15(24)19-7-14(23)21-13-5-3-2-4-12(13)18/h2-6,9H,7-8H2,1H3,(H,19,24)(H,21,23). The number of nitrogens with zero attached hydrogens (tertiary/aromatic N) is 2. The molecule has 0 aliphatic rings. The summed E-state index contributed by atoms with van der Waals surface area (Å²) in [6, 6.07) is 7.45. The number of halogens is 1. The van der Waals surface area contributed by atoms with Crippen LogP contribution in [0.15, 0.2) is 41.5 Å². The Bertz CT molecular complexity index is 1040. The third-order valence-electron chi connectivity index (χ3n) is 3.55. The highest BCUT2D eigenvalue weighted by Crippen LogP contribution is 2.19. The number of hydrogen-bond donors (Lipinski definition) is 2. The Kier molecular flexibility index (Phi) is 5.08. The van der Waals surface area contributed by atoms with Crippen LogP contribution in [-0.4, -0.2) is 27.9 Å². The fraction of sp³-hybridized carbons (Fsp3) is 0.176. The highest BCUT2D eigenvalue weighted by Gasteiger charge is 2.12. The lowest BCUT2D eigenvalue weighted by Gasteiger charge is -2.08. The molecule has 2 amide bonds. The zero-order chi connectivity index (χ0) is 18.7. The summed E-state index contributed by atoms with van der Waals surface area (Å²) >= 11 is 1.40. The van der Waals surface area contributed by atoms with Crippen molar-refractivity contribution in [3.05, 3.63) is 57.7 Å². The number of aromatic nitrogens is 2. The first-order valence-electron chi connectivity index (χ1n) is 7.70. The summed E-state index contributed by atoms with van der Waals surface area (Å²) in [6.45, 7) is 1.27. The lowest BCUT2D eigenvalue weighted by atomic mass is 10.3. The second-order valence-corrected chi connectivity index (χ2v) is 6.79. The lowest BCUT2D eigenvalue weighted by molar-refractivity contribution is -0.124. The van der Waals surface area contributed by atoms with Crippen LogP contribution >= 0.6 is 11.3 Å². The number of nitrogens with one attached hydrogen (secondary N) is 2. The fourth-order valence-electron chi connectivity index (χ4n) is 2.34. The van der Waals surface area contributed by atoms with Crippen molar-refractivity contribution in [2.24, 2.45) is 0 Å². The minimum absolute atomic E-state index is 0.0328. The number of benzene rings is 1. The van der Waals surface area contributed by atoms with Crippen molar-refractivity contribution in [3.8, 4) is 0 Å². The summed E-state index contributed by atoms with van der Waals surface area (Å²) in [5.41, 5.74) is -0.282. The SMILES string of the molecule is Cc1cc2c(=O)n(CC(=O)NCC(=O)Nc3ccccc3F)cnc2s1. The monoisotopic (exact) mass is 374 g/mol. The van der Waals surface area contributed by atoms with Crippen LogP contribution in [0, 0.1) is 12.7 Å². The molecule has 0 bridgehead atoms. The maximum atomic E-state index is 13.5. The van der Waals surface area contributed by atoms with E-state index in [9.17, 15) is 18.8 Å². The average Bonchev–Trinajstić information content (AvgIpc) is 2.99. The highest BCUT2D eigenvalue weighted by molar-refractivity contribution is 7.18. The summed E-state index contributed by atoms with van der Waals surface area (Å²) in [5, 5.41) is 5.21. The summed E-state index contributed by atoms with van der Waals surface area (Å²) in [4.78, 5) is 41.8. The number of hydrogen-bond acceptors (Lipinski definition) is 5. The summed E-state index contributed by atoms with van der Waals surface area (Å²) in [6.07, 6.45) is 1.31. The predicted octanol–water partition coefficient (Wildman–Crippen LogP) is 1.66. The Morgan fingerprint density at radius 1 is 1.27 bits per heavy atom. The second kappa shape index (κ2) is 7.44. The van der Waals surface area contributed by atoms with Crippen molar-refractivity contribution in [2.75, 3.05) is 11.9 Å². The van der Waals surface area contributed by atoms with E-state index in [0.717, 1.165) is 4.88 Å². The van der Waals surface area contributed by atoms with E-state index in [2.05, 4.69) is 15.6 Å². The average molecular weight is 374 g/mol. The minimum atomic E-state index is -0.571. The number of para-hydroxylation sites is 1. The smallest absolute Gasteiger partial charge is 0.262 e. The first-order chi connectivity index (χ1) is 12.4. The molecular formula is C17H15FN4O3S. The van der Waals surface area contributed by atoms with Crippen LogP contribution in [0.3, 0.4) is 0 Å². The maximum absolute atomic E-state index is 13.5. The quantitative estimate of drug-likeness (QED) is 0.710. The largest absolute Gasteiger partial charge is 0.345 e. The first kappa shape index (κ1) is 17.7. The third kappa shape index (κ3) is 3.94. The van der Waals surface area contributed by atoms with E-state index in [1.54, 1.807) is 12.1 Å². The van der Waals surface area contributed by atoms with E-state index in [4.69, 9.17) is 0 Å². The van der Waals surface area contributed by atoms with E-state index in [-0.39, 0.29) is 24.3 Å². The maximum Gasteiger partial charge on any atom is 0.262 e. The van der Waals surface area contributed by atoms with Crippen LogP contribution in [0.2, 0.25) is 0 Å². The Balaban J connectivity index is 1.59. The summed E-state index contributed by atoms with van der Waals surface area (Å²) in [7, 11) is 0. The number of fused-ring (bicyclic) bond motifs is 1. The molecule has 3 rings (SSSR count). The van der Waals surface area contributed by atoms with Crippen molar-refractivity contribution in [3.63, 3.8) is 0 Å². The van der Waals surface area contributed by atoms with Gasteiger partial charge < -0.3 is 10.6 Å². The molecule has 0 radical (unpaired) electrons. The molecular weight excluding hydrogens is 359 g/mol. The van der Waals surface area contributed by atoms with Gasteiger partial charge in [-0.2, -0.15) is 0 Å². The number of aryl methyl sites for hydroxylation is 1. The molecule has 2 aromatic heterocycles. The lowest BCUT2D eigenvalue weighted by Crippen LogP contribution is -2.37. The van der Waals surface area contributed by atoms with Gasteiger partial charge in [0.2, 0.25) is 11.8 Å². The van der Waals surface area contributed by atoms with Crippen LogP contribution < -0.4 is 16.2 Å². The molecule has 0 aliphatic carbocycles. The van der Waals surface area contributed by atoms with Crippen molar-refractivity contribution in [1.29, 1.82) is 0 Å². The van der Waals surface area contributed by atoms with E-state index < -0.39 is 17.6 Å². The van der Waals surface area contributed by atoms with Gasteiger partial charge in [0.05, 0.1) is 23.9 Å². The van der Waals surface area contributed by atoms with Gasteiger partial charge in [-0.25, -0.2) is 9.37 Å². The fourth-order valence-corrected chi connectivity index (χ4v) is 3.18. The predicted molar refractivity (Wildman–Crippen MR) is 96.7 cm³/mol. The Hall–Kier alpha value is -3.07. The van der Waals surface area contributed by atoms with Crippen LogP contribution in [0.1, 0.15) is 4.88 Å². The summed E-state index contributed by atoms with van der Waals surface area (Å²) < 4.78 is 14.6. The molecule has 9 heteroatoms. The van der Waals surface area contributed by atoms with Gasteiger partial charge in [0, 0.05) is 4.88 Å². The van der Waals surface area contributed by atoms with Gasteiger partial charge in [-0.15, -0.1) is 11.3 Å². The first-order valence-corrected chi connectivity index (χ1v) is 8.52. The molecule has 3 aromatic rings. The van der Waals surface area contributed by atoms with Crippen molar-refractivity contribution in [2.45, 2.75) is 13.5 Å². The van der Waals surface area contributed by atoms with Crippen molar-refractivity contribution in [1.82, 2.24) is 14.9 Å². The van der Waals surface area contributed by atoms with Crippen LogP contribution in [0.5, 0.6) is 0 Å². The minimum Gasteiger partial charge on any atom is -0.345 e. The van der Waals surface area contributed by atoms with Gasteiger partial charge in [0.15, 0.2) is 0 Å². The molecule has 0 atom stereocenters. The molecule has 134 valence electrons. The van der Waals surface area contributed by atoms with E-state index in [1.165, 1.54) is 40.4 Å². The van der Waals surface area contributed by atoms with Crippen LogP contribution in [0.4, 0.5) is 10.1 Å².